The van der Waals surface area contributed by atoms with Gasteiger partial charge in [-0.1, -0.05) is 134 Å². The highest BCUT2D eigenvalue weighted by atomic mass is 32.1. The number of likely N-dealkylation sites (tertiary alicyclic amines) is 1. The van der Waals surface area contributed by atoms with Crippen LogP contribution in [0.4, 0.5) is 4.79 Å². The maximum Gasteiger partial charge on any atom is 0.432 e. The number of thiocarbonyl (C=S) groups is 1. The number of hydrogen-bond donors (Lipinski definition) is 0. The molecule has 0 N–H and O–H groups in total. The lowest BCUT2D eigenvalue weighted by molar-refractivity contribution is -0.144. The molecule has 1 saturated heterocycles. The number of β-lactam (4-membered cyclic amide) rings is 1. The van der Waals surface area contributed by atoms with Crippen LogP contribution < -0.4 is 15.9 Å². The number of nitrogens with zero attached hydrogens (tertiary/aromatic N) is 2. The largest absolute Gasteiger partial charge is 0.456 e. The van der Waals surface area contributed by atoms with Crippen LogP contribution in [-0.2, 0) is 25.7 Å². The molecular formula is C36H33N2O5PS. The van der Waals surface area contributed by atoms with Gasteiger partial charge in [0.2, 0.25) is 5.91 Å². The first-order valence-electron chi connectivity index (χ1n) is 14.5. The van der Waals surface area contributed by atoms with E-state index in [2.05, 4.69) is 9.73 Å². The first-order chi connectivity index (χ1) is 21.9. The minimum Gasteiger partial charge on any atom is -0.456 e. The summed E-state index contributed by atoms with van der Waals surface area (Å²) < 4.78 is 10.6. The van der Waals surface area contributed by atoms with E-state index in [1.54, 1.807) is 4.90 Å². The van der Waals surface area contributed by atoms with E-state index in [4.69, 9.17) is 17.0 Å². The third-order valence-corrected chi connectivity index (χ3v) is 12.2. The highest BCUT2D eigenvalue weighted by molar-refractivity contribution is 7.96. The molecule has 1 atom stereocenters. The summed E-state index contributed by atoms with van der Waals surface area (Å²) in [7, 11) is 1.26. The van der Waals surface area contributed by atoms with Crippen LogP contribution in [0.3, 0.4) is 0 Å². The lowest BCUT2D eigenvalue weighted by atomic mass is 9.96. The van der Waals surface area contributed by atoms with Crippen molar-refractivity contribution in [3.05, 3.63) is 127 Å². The second-order valence-corrected chi connectivity index (χ2v) is 14.3. The zero-order valence-corrected chi connectivity index (χ0v) is 26.5. The van der Waals surface area contributed by atoms with Crippen LogP contribution in [0.5, 0.6) is 0 Å². The molecule has 0 aliphatic carbocycles. The fourth-order valence-corrected chi connectivity index (χ4v) is 10.2. The average molecular weight is 637 g/mol. The predicted octanol–water partition coefficient (Wildman–Crippen LogP) is 5.44. The molecule has 1 aliphatic rings. The Morgan fingerprint density at radius 1 is 0.844 bits per heavy atom. The van der Waals surface area contributed by atoms with Crippen LogP contribution in [0, 0.1) is 0 Å². The van der Waals surface area contributed by atoms with Crippen LogP contribution >= 0.6 is 19.1 Å². The number of esters is 1. The average Bonchev–Trinajstić information content (AvgIpc) is 3.08. The first-order valence-corrected chi connectivity index (χ1v) is 16.7. The van der Waals surface area contributed by atoms with Crippen LogP contribution in [0.25, 0.3) is 0 Å². The van der Waals surface area contributed by atoms with Gasteiger partial charge in [0.25, 0.3) is 0 Å². The molecule has 7 nitrogen and oxygen atoms in total. The molecule has 1 unspecified atom stereocenters. The van der Waals surface area contributed by atoms with Crippen molar-refractivity contribution in [3.8, 4) is 0 Å². The Morgan fingerprint density at radius 2 is 1.33 bits per heavy atom. The number of carbonyl (C=O) groups excluding carboxylic acids is 3. The molecule has 1 fully saturated rings. The van der Waals surface area contributed by atoms with E-state index in [0.29, 0.717) is 16.7 Å². The van der Waals surface area contributed by atoms with Crippen molar-refractivity contribution in [2.75, 3.05) is 7.11 Å². The van der Waals surface area contributed by atoms with E-state index in [0.717, 1.165) is 21.5 Å². The minimum absolute atomic E-state index is 0.0522. The van der Waals surface area contributed by atoms with Crippen molar-refractivity contribution in [1.29, 1.82) is 0 Å². The topological polar surface area (TPSA) is 85.3 Å². The van der Waals surface area contributed by atoms with Crippen LogP contribution in [-0.4, -0.2) is 52.5 Å². The maximum absolute atomic E-state index is 14.6. The van der Waals surface area contributed by atoms with Crippen molar-refractivity contribution in [3.63, 3.8) is 0 Å². The Labute approximate surface area is 268 Å². The van der Waals surface area contributed by atoms with Gasteiger partial charge in [-0.3, -0.25) is 4.79 Å². The second kappa shape index (κ2) is 14.9. The molecule has 0 aromatic heterocycles. The molecule has 1 heterocycles. The zero-order chi connectivity index (χ0) is 31.6. The monoisotopic (exact) mass is 636 g/mol. The molecule has 0 saturated carbocycles. The molecule has 228 valence electrons. The van der Waals surface area contributed by atoms with E-state index < -0.39 is 18.9 Å². The molecule has 2 amide bonds. The molecule has 0 bridgehead atoms. The van der Waals surface area contributed by atoms with Gasteiger partial charge in [0.1, 0.15) is 12.0 Å². The molecule has 0 spiro atoms. The van der Waals surface area contributed by atoms with Gasteiger partial charge in [-0.2, -0.15) is 4.99 Å². The van der Waals surface area contributed by atoms with Gasteiger partial charge < -0.3 is 14.4 Å². The summed E-state index contributed by atoms with van der Waals surface area (Å²) in [5, 5.41) is 2.75. The molecule has 5 rings (SSSR count). The summed E-state index contributed by atoms with van der Waals surface area (Å²) in [6.45, 7) is -2.95. The summed E-state index contributed by atoms with van der Waals surface area (Å²) in [4.78, 5) is 45.7. The lowest BCUT2D eigenvalue weighted by Crippen LogP contribution is -2.60. The number of amides is 2. The quantitative estimate of drug-likeness (QED) is 0.0717. The van der Waals surface area contributed by atoms with E-state index in [-0.39, 0.29) is 31.4 Å². The first kappa shape index (κ1) is 31.8. The van der Waals surface area contributed by atoms with E-state index >= 15 is 0 Å². The Balaban J connectivity index is 1.72. The smallest absolute Gasteiger partial charge is 0.432 e. The number of aliphatic imine (C=N–C) groups is 1. The SMILES string of the molecule is COC(=O)N=CCC(=S)CC1CC(=O)N1C(C(=O)OCc1ccccc1)=P(c1ccccc1)(c1ccccc1)c1ccccc1. The van der Waals surface area contributed by atoms with Crippen LogP contribution in [0.1, 0.15) is 24.8 Å². The van der Waals surface area contributed by atoms with Crippen molar-refractivity contribution in [2.45, 2.75) is 31.9 Å². The highest BCUT2D eigenvalue weighted by Gasteiger charge is 2.47. The number of carbonyl (C=O) groups is 3. The third kappa shape index (κ3) is 7.03. The molecule has 4 aromatic rings. The Bertz CT molecular complexity index is 1640. The van der Waals surface area contributed by atoms with E-state index in [9.17, 15) is 14.4 Å². The van der Waals surface area contributed by atoms with E-state index in [1.807, 2.05) is 121 Å². The number of hydrogen-bond acceptors (Lipinski definition) is 6. The highest BCUT2D eigenvalue weighted by Crippen LogP contribution is 2.49. The standard InChI is InChI=1S/C36H33N2O5PS/c1-42-36(41)37-23-22-32(45)24-28-25-33(39)38(28)34(35(40)43-26-27-14-6-2-7-15-27)44(29-16-8-3-9-17-29,30-18-10-4-11-19-30)31-20-12-5-13-21-31/h2-21,23,28H,22,24-26H2,1H3. The van der Waals surface area contributed by atoms with Crippen molar-refractivity contribution < 1.29 is 23.9 Å². The molecule has 4 aromatic carbocycles. The Hall–Kier alpha value is -4.65. The molecular weight excluding hydrogens is 603 g/mol. The number of methoxy groups -OCH3 is 1. The summed E-state index contributed by atoms with van der Waals surface area (Å²) in [5.41, 5.74) is 1.15. The fraction of sp³-hybridized carbons (Fsp3) is 0.167. The molecule has 1 aliphatic heterocycles. The van der Waals surface area contributed by atoms with Gasteiger partial charge >= 0.3 is 12.1 Å². The van der Waals surface area contributed by atoms with Crippen molar-refractivity contribution in [2.24, 2.45) is 4.99 Å². The van der Waals surface area contributed by atoms with Crippen molar-refractivity contribution in [1.82, 2.24) is 4.90 Å². The normalized spacial score (nSPS) is 14.5. The van der Waals surface area contributed by atoms with Gasteiger partial charge in [-0.25, -0.2) is 9.59 Å². The summed E-state index contributed by atoms with van der Waals surface area (Å²) >= 11 is 5.65. The van der Waals surface area contributed by atoms with Gasteiger partial charge in [-0.05, 0) is 21.5 Å². The van der Waals surface area contributed by atoms with Crippen molar-refractivity contribution >= 4 is 69.5 Å². The van der Waals surface area contributed by atoms with Crippen LogP contribution in [0.2, 0.25) is 0 Å². The third-order valence-electron chi connectivity index (χ3n) is 7.57. The summed E-state index contributed by atoms with van der Waals surface area (Å²) in [5.74, 6) is -0.732. The van der Waals surface area contributed by atoms with E-state index in [1.165, 1.54) is 13.3 Å². The van der Waals surface area contributed by atoms with Crippen LogP contribution in [0.15, 0.2) is 126 Å². The Kier molecular flexibility index (Phi) is 10.5. The minimum atomic E-state index is -3.00. The molecule has 0 radical (unpaired) electrons. The van der Waals surface area contributed by atoms with Gasteiger partial charge in [0.05, 0.1) is 13.2 Å². The fourth-order valence-electron chi connectivity index (χ4n) is 5.51. The predicted molar refractivity (Wildman–Crippen MR) is 184 cm³/mol. The number of rotatable bonds is 11. The maximum atomic E-state index is 14.6. The number of ether oxygens (including phenoxy) is 2. The summed E-state index contributed by atoms with van der Waals surface area (Å²) in [6, 6.07) is 38.8. The zero-order valence-electron chi connectivity index (χ0n) is 24.8. The number of benzene rings is 4. The van der Waals surface area contributed by atoms with Gasteiger partial charge in [0.15, 0.2) is 0 Å². The molecule has 9 heteroatoms. The second-order valence-electron chi connectivity index (χ2n) is 10.4. The van der Waals surface area contributed by atoms with Gasteiger partial charge in [-0.15, -0.1) is 0 Å². The van der Waals surface area contributed by atoms with Gasteiger partial charge in [0, 0.05) is 37.2 Å². The Morgan fingerprint density at radius 3 is 1.80 bits per heavy atom. The molecule has 45 heavy (non-hydrogen) atoms. The lowest BCUT2D eigenvalue weighted by Gasteiger charge is -2.45. The summed E-state index contributed by atoms with van der Waals surface area (Å²) in [6.07, 6.45) is 1.53.